The summed E-state index contributed by atoms with van der Waals surface area (Å²) in [6, 6.07) is 8.30. The minimum atomic E-state index is 0.124. The summed E-state index contributed by atoms with van der Waals surface area (Å²) in [5.41, 5.74) is 8.16. The molecule has 2 aromatic rings. The lowest BCUT2D eigenvalue weighted by atomic mass is 10.1. The zero-order chi connectivity index (χ0) is 11.5. The molecular formula is C12H14BrN3. The Kier molecular flexibility index (Phi) is 3.41. The van der Waals surface area contributed by atoms with Crippen LogP contribution in [0.15, 0.2) is 41.1 Å². The van der Waals surface area contributed by atoms with E-state index in [1.54, 1.807) is 6.20 Å². The van der Waals surface area contributed by atoms with E-state index in [0.29, 0.717) is 0 Å². The smallest absolute Gasteiger partial charge is 0.0646 e. The first-order chi connectivity index (χ1) is 7.70. The molecule has 84 valence electrons. The van der Waals surface area contributed by atoms with Crippen LogP contribution in [-0.2, 0) is 0 Å². The number of benzene rings is 1. The molecule has 0 aliphatic heterocycles. The molecule has 3 nitrogen and oxygen atoms in total. The van der Waals surface area contributed by atoms with E-state index in [9.17, 15) is 0 Å². The second-order valence-electron chi connectivity index (χ2n) is 3.71. The summed E-state index contributed by atoms with van der Waals surface area (Å²) in [6.07, 6.45) is 4.65. The summed E-state index contributed by atoms with van der Waals surface area (Å²) < 4.78 is 2.80. The molecule has 1 aromatic carbocycles. The Bertz CT molecular complexity index is 461. The highest BCUT2D eigenvalue weighted by molar-refractivity contribution is 9.10. The summed E-state index contributed by atoms with van der Waals surface area (Å²) in [6.45, 7) is 2.09. The number of halogens is 1. The maximum absolute atomic E-state index is 5.96. The summed E-state index contributed by atoms with van der Waals surface area (Å²) in [7, 11) is 0. The fraction of sp³-hybridized carbons (Fsp3) is 0.250. The van der Waals surface area contributed by atoms with Crippen LogP contribution in [0.3, 0.4) is 0 Å². The molecule has 1 aromatic heterocycles. The predicted octanol–water partition coefficient (Wildman–Crippen LogP) is 3.04. The van der Waals surface area contributed by atoms with E-state index < -0.39 is 0 Å². The predicted molar refractivity (Wildman–Crippen MR) is 68.5 cm³/mol. The molecule has 0 aliphatic rings. The van der Waals surface area contributed by atoms with Crippen molar-refractivity contribution in [3.8, 4) is 5.69 Å². The van der Waals surface area contributed by atoms with Gasteiger partial charge >= 0.3 is 0 Å². The molecule has 0 saturated heterocycles. The number of hydrogen-bond donors (Lipinski definition) is 1. The number of hydrogen-bond acceptors (Lipinski definition) is 2. The van der Waals surface area contributed by atoms with Crippen molar-refractivity contribution < 1.29 is 0 Å². The standard InChI is InChI=1S/C12H14BrN3/c1-2-12(14)9-3-5-11(6-4-9)16-8-10(13)7-15-16/h3-8,12H,2,14H2,1H3/t12-/m1/s1. The second kappa shape index (κ2) is 4.80. The van der Waals surface area contributed by atoms with E-state index in [2.05, 4.69) is 40.1 Å². The minimum Gasteiger partial charge on any atom is -0.324 e. The van der Waals surface area contributed by atoms with Gasteiger partial charge in [0.1, 0.15) is 0 Å². The maximum atomic E-state index is 5.96. The number of aromatic nitrogens is 2. The fourth-order valence-electron chi connectivity index (χ4n) is 1.55. The number of nitrogens with zero attached hydrogens (tertiary/aromatic N) is 2. The molecular weight excluding hydrogens is 266 g/mol. The third kappa shape index (κ3) is 2.33. The lowest BCUT2D eigenvalue weighted by Gasteiger charge is -2.09. The van der Waals surface area contributed by atoms with Crippen LogP contribution in [0, 0.1) is 0 Å². The van der Waals surface area contributed by atoms with Crippen molar-refractivity contribution in [2.45, 2.75) is 19.4 Å². The third-order valence-corrected chi connectivity index (χ3v) is 2.99. The van der Waals surface area contributed by atoms with Gasteiger partial charge in [-0.05, 0) is 40.0 Å². The summed E-state index contributed by atoms with van der Waals surface area (Å²) in [4.78, 5) is 0. The molecule has 0 saturated carbocycles. The Labute approximate surface area is 103 Å². The molecule has 0 spiro atoms. The van der Waals surface area contributed by atoms with Crippen LogP contribution in [-0.4, -0.2) is 9.78 Å². The summed E-state index contributed by atoms with van der Waals surface area (Å²) in [5, 5.41) is 4.22. The highest BCUT2D eigenvalue weighted by Gasteiger charge is 2.03. The molecule has 16 heavy (non-hydrogen) atoms. The molecule has 0 aliphatic carbocycles. The van der Waals surface area contributed by atoms with Gasteiger partial charge in [-0.15, -0.1) is 0 Å². The molecule has 4 heteroatoms. The van der Waals surface area contributed by atoms with Gasteiger partial charge in [-0.25, -0.2) is 4.68 Å². The van der Waals surface area contributed by atoms with Gasteiger partial charge in [-0.2, -0.15) is 5.10 Å². The third-order valence-electron chi connectivity index (χ3n) is 2.58. The highest BCUT2D eigenvalue weighted by atomic mass is 79.9. The molecule has 0 radical (unpaired) electrons. The van der Waals surface area contributed by atoms with Crippen molar-refractivity contribution in [2.24, 2.45) is 5.73 Å². The van der Waals surface area contributed by atoms with E-state index in [-0.39, 0.29) is 6.04 Å². The largest absolute Gasteiger partial charge is 0.324 e. The van der Waals surface area contributed by atoms with Crippen LogP contribution < -0.4 is 5.73 Å². The van der Waals surface area contributed by atoms with E-state index in [1.165, 1.54) is 0 Å². The maximum Gasteiger partial charge on any atom is 0.0646 e. The van der Waals surface area contributed by atoms with Crippen LogP contribution in [0.5, 0.6) is 0 Å². The SMILES string of the molecule is CC[C@@H](N)c1ccc(-n2cc(Br)cn2)cc1. The van der Waals surface area contributed by atoms with E-state index in [1.807, 2.05) is 23.0 Å². The van der Waals surface area contributed by atoms with Crippen LogP contribution in [0.25, 0.3) is 5.69 Å². The van der Waals surface area contributed by atoms with Crippen LogP contribution in [0.2, 0.25) is 0 Å². The van der Waals surface area contributed by atoms with E-state index in [4.69, 9.17) is 5.73 Å². The Balaban J connectivity index is 2.25. The Hall–Kier alpha value is -1.13. The van der Waals surface area contributed by atoms with Gasteiger partial charge in [0, 0.05) is 12.2 Å². The van der Waals surface area contributed by atoms with Crippen molar-refractivity contribution in [3.05, 3.63) is 46.7 Å². The lowest BCUT2D eigenvalue weighted by Crippen LogP contribution is -2.08. The van der Waals surface area contributed by atoms with Gasteiger partial charge in [0.2, 0.25) is 0 Å². The molecule has 2 rings (SSSR count). The molecule has 1 atom stereocenters. The summed E-state index contributed by atoms with van der Waals surface area (Å²) >= 11 is 3.37. The Morgan fingerprint density at radius 3 is 2.56 bits per heavy atom. The number of rotatable bonds is 3. The normalized spacial score (nSPS) is 12.7. The first-order valence-corrected chi connectivity index (χ1v) is 6.06. The molecule has 1 heterocycles. The van der Waals surface area contributed by atoms with Crippen molar-refractivity contribution in [2.75, 3.05) is 0 Å². The van der Waals surface area contributed by atoms with Crippen molar-refractivity contribution in [1.82, 2.24) is 9.78 Å². The van der Waals surface area contributed by atoms with E-state index >= 15 is 0 Å². The topological polar surface area (TPSA) is 43.8 Å². The average molecular weight is 280 g/mol. The highest BCUT2D eigenvalue weighted by Crippen LogP contribution is 2.17. The molecule has 0 unspecified atom stereocenters. The average Bonchev–Trinajstić information content (AvgIpc) is 2.75. The first-order valence-electron chi connectivity index (χ1n) is 5.27. The van der Waals surface area contributed by atoms with E-state index in [0.717, 1.165) is 22.1 Å². The zero-order valence-corrected chi connectivity index (χ0v) is 10.7. The lowest BCUT2D eigenvalue weighted by molar-refractivity contribution is 0.698. The minimum absolute atomic E-state index is 0.124. The Morgan fingerprint density at radius 1 is 1.38 bits per heavy atom. The van der Waals surface area contributed by atoms with Crippen molar-refractivity contribution in [1.29, 1.82) is 0 Å². The van der Waals surface area contributed by atoms with Gasteiger partial charge in [0.25, 0.3) is 0 Å². The van der Waals surface area contributed by atoms with Gasteiger partial charge in [0.15, 0.2) is 0 Å². The molecule has 0 amide bonds. The van der Waals surface area contributed by atoms with Gasteiger partial charge in [0.05, 0.1) is 16.4 Å². The number of nitrogens with two attached hydrogens (primary N) is 1. The zero-order valence-electron chi connectivity index (χ0n) is 9.10. The van der Waals surface area contributed by atoms with Gasteiger partial charge < -0.3 is 5.73 Å². The molecule has 0 bridgehead atoms. The molecule has 0 fully saturated rings. The fourth-order valence-corrected chi connectivity index (χ4v) is 1.84. The van der Waals surface area contributed by atoms with Gasteiger partial charge in [-0.3, -0.25) is 0 Å². The van der Waals surface area contributed by atoms with Crippen LogP contribution in [0.1, 0.15) is 24.9 Å². The van der Waals surface area contributed by atoms with Crippen LogP contribution in [0.4, 0.5) is 0 Å². The Morgan fingerprint density at radius 2 is 2.06 bits per heavy atom. The summed E-state index contributed by atoms with van der Waals surface area (Å²) in [5.74, 6) is 0. The quantitative estimate of drug-likeness (QED) is 0.939. The monoisotopic (exact) mass is 279 g/mol. The molecule has 2 N–H and O–H groups in total. The van der Waals surface area contributed by atoms with Crippen LogP contribution >= 0.6 is 15.9 Å². The van der Waals surface area contributed by atoms with Crippen molar-refractivity contribution >= 4 is 15.9 Å². The van der Waals surface area contributed by atoms with Crippen molar-refractivity contribution in [3.63, 3.8) is 0 Å². The first kappa shape index (κ1) is 11.4. The second-order valence-corrected chi connectivity index (χ2v) is 4.63. The van der Waals surface area contributed by atoms with Gasteiger partial charge in [-0.1, -0.05) is 19.1 Å².